The van der Waals surface area contributed by atoms with Crippen LogP contribution in [-0.2, 0) is 0 Å². The molecule has 20 heavy (non-hydrogen) atoms. The van der Waals surface area contributed by atoms with Crippen molar-refractivity contribution in [2.75, 3.05) is 25.9 Å². The third-order valence-electron chi connectivity index (χ3n) is 3.65. The van der Waals surface area contributed by atoms with E-state index in [1.807, 2.05) is 19.1 Å². The number of hydrogen-bond donors (Lipinski definition) is 2. The molecule has 0 saturated heterocycles. The highest BCUT2D eigenvalue weighted by Gasteiger charge is 2.06. The van der Waals surface area contributed by atoms with Crippen molar-refractivity contribution in [2.24, 2.45) is 0 Å². The molecule has 1 rings (SSSR count). The van der Waals surface area contributed by atoms with Gasteiger partial charge < -0.3 is 16.0 Å². The molecule has 1 amide bonds. The molecule has 0 aliphatic rings. The fourth-order valence-corrected chi connectivity index (χ4v) is 1.83. The zero-order valence-electron chi connectivity index (χ0n) is 13.1. The molecule has 0 saturated carbocycles. The maximum absolute atomic E-state index is 11.9. The van der Waals surface area contributed by atoms with Crippen molar-refractivity contribution in [3.05, 3.63) is 29.3 Å². The van der Waals surface area contributed by atoms with E-state index in [0.29, 0.717) is 23.8 Å². The second-order valence-electron chi connectivity index (χ2n) is 5.61. The Labute approximate surface area is 122 Å². The molecule has 0 aromatic heterocycles. The van der Waals surface area contributed by atoms with Crippen LogP contribution < -0.4 is 11.1 Å². The van der Waals surface area contributed by atoms with E-state index in [0.717, 1.165) is 24.9 Å². The Morgan fingerprint density at radius 2 is 2.05 bits per heavy atom. The number of hydrogen-bond acceptors (Lipinski definition) is 3. The van der Waals surface area contributed by atoms with Gasteiger partial charge in [0.1, 0.15) is 0 Å². The second-order valence-corrected chi connectivity index (χ2v) is 5.61. The lowest BCUT2D eigenvalue weighted by Gasteiger charge is -2.20. The Morgan fingerprint density at radius 1 is 1.35 bits per heavy atom. The molecule has 0 heterocycles. The molecule has 4 heteroatoms. The SMILES string of the molecule is Cc1ccc(C(=O)NCCCCN(C)C(C)C)cc1N. The van der Waals surface area contributed by atoms with Crippen LogP contribution in [0.3, 0.4) is 0 Å². The van der Waals surface area contributed by atoms with E-state index in [1.54, 1.807) is 6.07 Å². The summed E-state index contributed by atoms with van der Waals surface area (Å²) in [6.07, 6.45) is 2.08. The molecular weight excluding hydrogens is 250 g/mol. The number of nitrogens with zero attached hydrogens (tertiary/aromatic N) is 1. The molecule has 0 spiro atoms. The molecule has 0 fully saturated rings. The van der Waals surface area contributed by atoms with Crippen LogP contribution in [0.5, 0.6) is 0 Å². The van der Waals surface area contributed by atoms with Gasteiger partial charge in [0.05, 0.1) is 0 Å². The zero-order chi connectivity index (χ0) is 15.1. The number of unbranched alkanes of at least 4 members (excludes halogenated alkanes) is 1. The number of benzene rings is 1. The van der Waals surface area contributed by atoms with Crippen LogP contribution in [0.1, 0.15) is 42.6 Å². The number of rotatable bonds is 7. The van der Waals surface area contributed by atoms with Gasteiger partial charge in [-0.05, 0) is 64.9 Å². The molecule has 0 aliphatic heterocycles. The second kappa shape index (κ2) is 7.90. The summed E-state index contributed by atoms with van der Waals surface area (Å²) in [6, 6.07) is 5.99. The number of anilines is 1. The largest absolute Gasteiger partial charge is 0.398 e. The van der Waals surface area contributed by atoms with Crippen molar-refractivity contribution >= 4 is 11.6 Å². The average Bonchev–Trinajstić information content (AvgIpc) is 2.40. The summed E-state index contributed by atoms with van der Waals surface area (Å²) < 4.78 is 0. The fourth-order valence-electron chi connectivity index (χ4n) is 1.83. The molecule has 0 radical (unpaired) electrons. The van der Waals surface area contributed by atoms with E-state index in [1.165, 1.54) is 0 Å². The van der Waals surface area contributed by atoms with Gasteiger partial charge in [-0.25, -0.2) is 0 Å². The van der Waals surface area contributed by atoms with Gasteiger partial charge in [0, 0.05) is 23.8 Å². The highest BCUT2D eigenvalue weighted by Crippen LogP contribution is 2.12. The summed E-state index contributed by atoms with van der Waals surface area (Å²) in [5, 5.41) is 2.94. The third-order valence-corrected chi connectivity index (χ3v) is 3.65. The van der Waals surface area contributed by atoms with Crippen LogP contribution in [0.15, 0.2) is 18.2 Å². The summed E-state index contributed by atoms with van der Waals surface area (Å²) >= 11 is 0. The van der Waals surface area contributed by atoms with Gasteiger partial charge in [0.15, 0.2) is 0 Å². The number of amides is 1. The maximum atomic E-state index is 11.9. The number of nitrogens with one attached hydrogen (secondary N) is 1. The number of carbonyl (C=O) groups excluding carboxylic acids is 1. The molecule has 1 aromatic carbocycles. The van der Waals surface area contributed by atoms with E-state index in [-0.39, 0.29) is 5.91 Å². The lowest BCUT2D eigenvalue weighted by Crippen LogP contribution is -2.29. The van der Waals surface area contributed by atoms with Gasteiger partial charge >= 0.3 is 0 Å². The summed E-state index contributed by atoms with van der Waals surface area (Å²) in [6.45, 7) is 8.07. The van der Waals surface area contributed by atoms with Crippen molar-refractivity contribution in [1.82, 2.24) is 10.2 Å². The van der Waals surface area contributed by atoms with Crippen molar-refractivity contribution in [3.63, 3.8) is 0 Å². The van der Waals surface area contributed by atoms with Crippen molar-refractivity contribution in [3.8, 4) is 0 Å². The maximum Gasteiger partial charge on any atom is 0.251 e. The molecule has 0 aliphatic carbocycles. The van der Waals surface area contributed by atoms with E-state index >= 15 is 0 Å². The molecule has 4 nitrogen and oxygen atoms in total. The average molecular weight is 277 g/mol. The molecule has 1 aromatic rings. The molecule has 3 N–H and O–H groups in total. The van der Waals surface area contributed by atoms with Crippen LogP contribution in [0.25, 0.3) is 0 Å². The minimum absolute atomic E-state index is 0.0473. The van der Waals surface area contributed by atoms with Gasteiger partial charge in [-0.2, -0.15) is 0 Å². The van der Waals surface area contributed by atoms with E-state index in [9.17, 15) is 4.79 Å². The van der Waals surface area contributed by atoms with Gasteiger partial charge in [-0.3, -0.25) is 4.79 Å². The number of nitrogen functional groups attached to an aromatic ring is 1. The first-order valence-corrected chi connectivity index (χ1v) is 7.26. The highest BCUT2D eigenvalue weighted by molar-refractivity contribution is 5.95. The minimum Gasteiger partial charge on any atom is -0.398 e. The summed E-state index contributed by atoms with van der Waals surface area (Å²) in [5.74, 6) is -0.0473. The fraction of sp³-hybridized carbons (Fsp3) is 0.562. The van der Waals surface area contributed by atoms with Crippen LogP contribution in [0, 0.1) is 6.92 Å². The lowest BCUT2D eigenvalue weighted by atomic mass is 10.1. The molecule has 112 valence electrons. The van der Waals surface area contributed by atoms with Crippen LogP contribution >= 0.6 is 0 Å². The third kappa shape index (κ3) is 5.21. The van der Waals surface area contributed by atoms with Crippen molar-refractivity contribution in [2.45, 2.75) is 39.7 Å². The summed E-state index contributed by atoms with van der Waals surface area (Å²) in [5.41, 5.74) is 8.10. The summed E-state index contributed by atoms with van der Waals surface area (Å²) in [4.78, 5) is 14.2. The van der Waals surface area contributed by atoms with Crippen molar-refractivity contribution < 1.29 is 4.79 Å². The van der Waals surface area contributed by atoms with Crippen LogP contribution in [-0.4, -0.2) is 37.0 Å². The van der Waals surface area contributed by atoms with Gasteiger partial charge in [0.2, 0.25) is 0 Å². The first kappa shape index (κ1) is 16.5. The van der Waals surface area contributed by atoms with Crippen molar-refractivity contribution in [1.29, 1.82) is 0 Å². The predicted molar refractivity (Wildman–Crippen MR) is 84.9 cm³/mol. The van der Waals surface area contributed by atoms with Crippen LogP contribution in [0.2, 0.25) is 0 Å². The standard InChI is InChI=1S/C16H27N3O/c1-12(2)19(4)10-6-5-9-18-16(20)14-8-7-13(3)15(17)11-14/h7-8,11-12H,5-6,9-10,17H2,1-4H3,(H,18,20). The molecule has 0 atom stereocenters. The Hall–Kier alpha value is -1.55. The monoisotopic (exact) mass is 277 g/mol. The Bertz CT molecular complexity index is 443. The molecular formula is C16H27N3O. The van der Waals surface area contributed by atoms with Gasteiger partial charge in [-0.1, -0.05) is 6.07 Å². The number of nitrogens with two attached hydrogens (primary N) is 1. The predicted octanol–water partition coefficient (Wildman–Crippen LogP) is 2.43. The molecule has 0 bridgehead atoms. The molecule has 0 unspecified atom stereocenters. The summed E-state index contributed by atoms with van der Waals surface area (Å²) in [7, 11) is 2.12. The van der Waals surface area contributed by atoms with Crippen LogP contribution in [0.4, 0.5) is 5.69 Å². The highest BCUT2D eigenvalue weighted by atomic mass is 16.1. The quantitative estimate of drug-likeness (QED) is 0.594. The minimum atomic E-state index is -0.0473. The zero-order valence-corrected chi connectivity index (χ0v) is 13.1. The Kier molecular flexibility index (Phi) is 6.52. The van der Waals surface area contributed by atoms with E-state index < -0.39 is 0 Å². The van der Waals surface area contributed by atoms with Gasteiger partial charge in [0.25, 0.3) is 5.91 Å². The topological polar surface area (TPSA) is 58.4 Å². The first-order chi connectivity index (χ1) is 9.41. The number of carbonyl (C=O) groups is 1. The number of aryl methyl sites for hydroxylation is 1. The Balaban J connectivity index is 2.28. The lowest BCUT2D eigenvalue weighted by molar-refractivity contribution is 0.0952. The smallest absolute Gasteiger partial charge is 0.251 e. The van der Waals surface area contributed by atoms with E-state index in [4.69, 9.17) is 5.73 Å². The Morgan fingerprint density at radius 3 is 2.65 bits per heavy atom. The van der Waals surface area contributed by atoms with Gasteiger partial charge in [-0.15, -0.1) is 0 Å². The van der Waals surface area contributed by atoms with E-state index in [2.05, 4.69) is 31.1 Å². The first-order valence-electron chi connectivity index (χ1n) is 7.26. The normalized spacial score (nSPS) is 11.1.